The number of likely N-dealkylation sites (N-methyl/N-ethyl adjacent to an activating group) is 1. The molecule has 4 N–H and O–H groups in total. The summed E-state index contributed by atoms with van der Waals surface area (Å²) < 4.78 is 12.9. The summed E-state index contributed by atoms with van der Waals surface area (Å²) in [6, 6.07) is 5.90. The second-order valence-electron chi connectivity index (χ2n) is 6.91. The van der Waals surface area contributed by atoms with E-state index in [2.05, 4.69) is 5.32 Å². The standard InChI is InChI=1S/C19H27FN4O3/c1-2-24(12-17(25)22-11-14-3-5-16(20)6-4-14)18(26)13-23-9-7-15(8-10-23)19(21)27/h3-6,15H,2,7-13H2,1H3,(H2,21,27)(H,22,25)/p+1. The van der Waals surface area contributed by atoms with Gasteiger partial charge in [-0.2, -0.15) is 0 Å². The Morgan fingerprint density at radius 1 is 1.22 bits per heavy atom. The zero-order valence-corrected chi connectivity index (χ0v) is 15.7. The molecular formula is C19H28FN4O3+. The summed E-state index contributed by atoms with van der Waals surface area (Å²) >= 11 is 0. The lowest BCUT2D eigenvalue weighted by molar-refractivity contribution is -0.898. The lowest BCUT2D eigenvalue weighted by Gasteiger charge is -2.29. The normalized spacial score (nSPS) is 19.3. The minimum Gasteiger partial charge on any atom is -0.369 e. The van der Waals surface area contributed by atoms with Crippen molar-refractivity contribution in [1.82, 2.24) is 10.2 Å². The fourth-order valence-electron chi connectivity index (χ4n) is 3.22. The van der Waals surface area contributed by atoms with Crippen LogP contribution < -0.4 is 16.0 Å². The van der Waals surface area contributed by atoms with Gasteiger partial charge in [-0.3, -0.25) is 14.4 Å². The van der Waals surface area contributed by atoms with Crippen LogP contribution in [0.2, 0.25) is 0 Å². The number of nitrogens with zero attached hydrogens (tertiary/aromatic N) is 1. The van der Waals surface area contributed by atoms with E-state index in [1.54, 1.807) is 12.1 Å². The van der Waals surface area contributed by atoms with Crippen LogP contribution in [0.15, 0.2) is 24.3 Å². The Labute approximate surface area is 158 Å². The molecule has 1 fully saturated rings. The zero-order valence-electron chi connectivity index (χ0n) is 15.7. The average Bonchev–Trinajstić information content (AvgIpc) is 2.66. The van der Waals surface area contributed by atoms with Crippen molar-refractivity contribution in [1.29, 1.82) is 0 Å². The molecule has 0 aliphatic carbocycles. The molecule has 1 aromatic carbocycles. The molecule has 3 amide bonds. The number of piperidine rings is 1. The highest BCUT2D eigenvalue weighted by atomic mass is 19.1. The highest BCUT2D eigenvalue weighted by Crippen LogP contribution is 2.08. The van der Waals surface area contributed by atoms with Gasteiger partial charge in [-0.25, -0.2) is 4.39 Å². The summed E-state index contributed by atoms with van der Waals surface area (Å²) in [4.78, 5) is 38.5. The van der Waals surface area contributed by atoms with Crippen LogP contribution in [0.4, 0.5) is 4.39 Å². The Bertz CT molecular complexity index is 657. The van der Waals surface area contributed by atoms with Crippen molar-refractivity contribution >= 4 is 17.7 Å². The molecule has 2 rings (SSSR count). The van der Waals surface area contributed by atoms with Gasteiger partial charge in [-0.05, 0) is 24.6 Å². The number of carbonyl (C=O) groups is 3. The molecule has 1 aliphatic heterocycles. The highest BCUT2D eigenvalue weighted by Gasteiger charge is 2.28. The molecule has 1 heterocycles. The number of carbonyl (C=O) groups excluding carboxylic acids is 3. The third-order valence-electron chi connectivity index (χ3n) is 4.97. The number of halogens is 1. The van der Waals surface area contributed by atoms with E-state index in [4.69, 9.17) is 5.73 Å². The molecule has 0 spiro atoms. The number of hydrogen-bond acceptors (Lipinski definition) is 3. The van der Waals surface area contributed by atoms with E-state index in [1.165, 1.54) is 17.0 Å². The molecule has 148 valence electrons. The van der Waals surface area contributed by atoms with Crippen LogP contribution in [-0.2, 0) is 20.9 Å². The Kier molecular flexibility index (Phi) is 7.72. The fourth-order valence-corrected chi connectivity index (χ4v) is 3.22. The van der Waals surface area contributed by atoms with E-state index in [-0.39, 0.29) is 42.5 Å². The Morgan fingerprint density at radius 2 is 1.85 bits per heavy atom. The Balaban J connectivity index is 1.76. The minimum absolute atomic E-state index is 0.00623. The molecule has 8 heteroatoms. The maximum absolute atomic E-state index is 12.9. The fraction of sp³-hybridized carbons (Fsp3) is 0.526. The number of likely N-dealkylation sites (tertiary alicyclic amines) is 1. The molecule has 1 saturated heterocycles. The van der Waals surface area contributed by atoms with Gasteiger partial charge in [-0.15, -0.1) is 0 Å². The maximum Gasteiger partial charge on any atom is 0.278 e. The van der Waals surface area contributed by atoms with Gasteiger partial charge in [-0.1, -0.05) is 12.1 Å². The third-order valence-corrected chi connectivity index (χ3v) is 4.97. The quantitative estimate of drug-likeness (QED) is 0.544. The lowest BCUT2D eigenvalue weighted by atomic mass is 9.96. The molecule has 27 heavy (non-hydrogen) atoms. The van der Waals surface area contributed by atoms with Gasteiger partial charge in [0.1, 0.15) is 5.82 Å². The Morgan fingerprint density at radius 3 is 2.41 bits per heavy atom. The topological polar surface area (TPSA) is 96.9 Å². The zero-order chi connectivity index (χ0) is 19.8. The predicted octanol–water partition coefficient (Wildman–Crippen LogP) is -0.929. The first-order valence-electron chi connectivity index (χ1n) is 9.30. The van der Waals surface area contributed by atoms with Gasteiger partial charge in [0.15, 0.2) is 6.54 Å². The summed E-state index contributed by atoms with van der Waals surface area (Å²) in [5.41, 5.74) is 6.12. The SMILES string of the molecule is CCN(CC(=O)NCc1ccc(F)cc1)C(=O)C[NH+]1CCC(C(N)=O)CC1. The number of rotatable bonds is 8. The van der Waals surface area contributed by atoms with Crippen molar-refractivity contribution in [3.63, 3.8) is 0 Å². The highest BCUT2D eigenvalue weighted by molar-refractivity contribution is 5.85. The predicted molar refractivity (Wildman–Crippen MR) is 98.0 cm³/mol. The van der Waals surface area contributed by atoms with Crippen LogP contribution in [0.1, 0.15) is 25.3 Å². The van der Waals surface area contributed by atoms with Crippen molar-refractivity contribution < 1.29 is 23.7 Å². The van der Waals surface area contributed by atoms with E-state index >= 15 is 0 Å². The first-order chi connectivity index (χ1) is 12.9. The van der Waals surface area contributed by atoms with Crippen LogP contribution in [0, 0.1) is 11.7 Å². The third kappa shape index (κ3) is 6.63. The van der Waals surface area contributed by atoms with Gasteiger partial charge in [0, 0.05) is 31.8 Å². The number of nitrogens with two attached hydrogens (primary N) is 1. The summed E-state index contributed by atoms with van der Waals surface area (Å²) in [5.74, 6) is -1.02. The molecule has 0 radical (unpaired) electrons. The van der Waals surface area contributed by atoms with E-state index in [0.717, 1.165) is 23.6 Å². The monoisotopic (exact) mass is 379 g/mol. The van der Waals surface area contributed by atoms with Crippen LogP contribution >= 0.6 is 0 Å². The summed E-state index contributed by atoms with van der Waals surface area (Å²) in [6.07, 6.45) is 1.39. The van der Waals surface area contributed by atoms with Crippen molar-refractivity contribution in [2.45, 2.75) is 26.3 Å². The first-order valence-corrected chi connectivity index (χ1v) is 9.30. The second-order valence-corrected chi connectivity index (χ2v) is 6.91. The molecular weight excluding hydrogens is 351 g/mol. The molecule has 0 unspecified atom stereocenters. The second kappa shape index (κ2) is 10.0. The number of benzene rings is 1. The molecule has 1 aromatic rings. The molecule has 0 bridgehead atoms. The number of quaternary nitrogens is 1. The first kappa shape index (κ1) is 20.8. The van der Waals surface area contributed by atoms with Gasteiger partial charge in [0.05, 0.1) is 19.6 Å². The summed E-state index contributed by atoms with van der Waals surface area (Å²) in [6.45, 7) is 4.33. The van der Waals surface area contributed by atoms with Gasteiger partial charge in [0.25, 0.3) is 5.91 Å². The number of primary amides is 1. The molecule has 0 saturated carbocycles. The molecule has 7 nitrogen and oxygen atoms in total. The lowest BCUT2D eigenvalue weighted by Crippen LogP contribution is -3.14. The van der Waals surface area contributed by atoms with E-state index in [1.807, 2.05) is 6.92 Å². The molecule has 1 aliphatic rings. The van der Waals surface area contributed by atoms with Crippen molar-refractivity contribution in [2.75, 3.05) is 32.7 Å². The maximum atomic E-state index is 12.9. The number of nitrogens with one attached hydrogen (secondary N) is 2. The number of hydrogen-bond donors (Lipinski definition) is 3. The van der Waals surface area contributed by atoms with Crippen molar-refractivity contribution in [2.24, 2.45) is 11.7 Å². The van der Waals surface area contributed by atoms with Gasteiger partial charge in [0.2, 0.25) is 11.8 Å². The summed E-state index contributed by atoms with van der Waals surface area (Å²) in [7, 11) is 0. The van der Waals surface area contributed by atoms with E-state index in [0.29, 0.717) is 25.9 Å². The van der Waals surface area contributed by atoms with Crippen LogP contribution in [0.3, 0.4) is 0 Å². The molecule has 0 atom stereocenters. The minimum atomic E-state index is -0.324. The number of amides is 3. The van der Waals surface area contributed by atoms with Crippen LogP contribution in [0.5, 0.6) is 0 Å². The van der Waals surface area contributed by atoms with Gasteiger partial charge >= 0.3 is 0 Å². The van der Waals surface area contributed by atoms with Crippen LogP contribution in [0.25, 0.3) is 0 Å². The smallest absolute Gasteiger partial charge is 0.278 e. The van der Waals surface area contributed by atoms with Crippen molar-refractivity contribution in [3.05, 3.63) is 35.6 Å². The summed E-state index contributed by atoms with van der Waals surface area (Å²) in [5, 5.41) is 2.75. The Hall–Kier alpha value is -2.48. The van der Waals surface area contributed by atoms with Crippen LogP contribution in [-0.4, -0.2) is 55.3 Å². The van der Waals surface area contributed by atoms with Gasteiger partial charge < -0.3 is 20.9 Å². The van der Waals surface area contributed by atoms with E-state index in [9.17, 15) is 18.8 Å². The average molecular weight is 379 g/mol. The van der Waals surface area contributed by atoms with Crippen molar-refractivity contribution in [3.8, 4) is 0 Å². The van der Waals surface area contributed by atoms with E-state index < -0.39 is 0 Å². The largest absolute Gasteiger partial charge is 0.369 e. The molecule has 0 aromatic heterocycles.